The van der Waals surface area contributed by atoms with Crippen LogP contribution >= 0.6 is 11.8 Å². The summed E-state index contributed by atoms with van der Waals surface area (Å²) in [7, 11) is 0. The van der Waals surface area contributed by atoms with E-state index in [2.05, 4.69) is 20.5 Å². The summed E-state index contributed by atoms with van der Waals surface area (Å²) in [6.45, 7) is 7.53. The molecule has 0 radical (unpaired) electrons. The van der Waals surface area contributed by atoms with Crippen molar-refractivity contribution in [2.75, 3.05) is 5.32 Å². The minimum Gasteiger partial charge on any atom is -0.325 e. The number of aromatic amines is 2. The number of H-pyrrole nitrogens is 2. The number of benzene rings is 1. The number of nitrogens with one attached hydrogen (secondary N) is 3. The molecule has 0 spiro atoms. The Hall–Kier alpha value is -2.35. The lowest BCUT2D eigenvalue weighted by Gasteiger charge is -2.15. The molecule has 0 bridgehead atoms. The molecular weight excluding hydrogens is 316 g/mol. The van der Waals surface area contributed by atoms with Gasteiger partial charge in [-0.1, -0.05) is 29.5 Å². The highest BCUT2D eigenvalue weighted by Crippen LogP contribution is 2.24. The largest absolute Gasteiger partial charge is 0.342 e. The third-order valence-corrected chi connectivity index (χ3v) is 4.33. The number of rotatable bonds is 4. The summed E-state index contributed by atoms with van der Waals surface area (Å²) in [5.74, 6) is -0.238. The number of carbonyl (C=O) groups is 1. The number of nitrogens with zero attached hydrogens (tertiary/aromatic N) is 1. The number of aryl methyl sites for hydroxylation is 3. The molecule has 0 saturated carbocycles. The number of hydrogen-bond donors (Lipinski definition) is 3. The minimum absolute atomic E-state index is 0.0459. The fourth-order valence-corrected chi connectivity index (χ4v) is 3.00. The van der Waals surface area contributed by atoms with E-state index in [0.29, 0.717) is 0 Å². The van der Waals surface area contributed by atoms with Gasteiger partial charge in [0.1, 0.15) is 0 Å². The SMILES string of the molecule is Cc1cc(C)c(NC(=O)C(C)Sc2n[nH]c(=O)[nH]c2=O)c(C)c1. The maximum atomic E-state index is 12.3. The van der Waals surface area contributed by atoms with Gasteiger partial charge in [-0.25, -0.2) is 9.89 Å². The van der Waals surface area contributed by atoms with Gasteiger partial charge in [-0.2, -0.15) is 5.10 Å². The number of amides is 1. The van der Waals surface area contributed by atoms with Crippen molar-refractivity contribution in [1.82, 2.24) is 15.2 Å². The van der Waals surface area contributed by atoms with Crippen LogP contribution in [-0.2, 0) is 4.79 Å². The Balaban J connectivity index is 2.15. The summed E-state index contributed by atoms with van der Waals surface area (Å²) >= 11 is 0.984. The molecular formula is C15H18N4O3S. The molecule has 23 heavy (non-hydrogen) atoms. The van der Waals surface area contributed by atoms with Crippen molar-refractivity contribution in [2.45, 2.75) is 38.0 Å². The van der Waals surface area contributed by atoms with Crippen molar-refractivity contribution in [3.8, 4) is 0 Å². The van der Waals surface area contributed by atoms with Crippen molar-refractivity contribution < 1.29 is 4.79 Å². The lowest BCUT2D eigenvalue weighted by molar-refractivity contribution is -0.115. The number of anilines is 1. The molecule has 1 atom stereocenters. The average Bonchev–Trinajstić information content (AvgIpc) is 2.45. The average molecular weight is 334 g/mol. The predicted molar refractivity (Wildman–Crippen MR) is 90.1 cm³/mol. The maximum absolute atomic E-state index is 12.3. The van der Waals surface area contributed by atoms with Crippen LogP contribution in [0.4, 0.5) is 5.69 Å². The molecule has 122 valence electrons. The van der Waals surface area contributed by atoms with Crippen molar-refractivity contribution >= 4 is 23.4 Å². The summed E-state index contributed by atoms with van der Waals surface area (Å²) < 4.78 is 0. The zero-order valence-electron chi connectivity index (χ0n) is 13.3. The lowest BCUT2D eigenvalue weighted by Crippen LogP contribution is -2.28. The Kier molecular flexibility index (Phi) is 5.05. The lowest BCUT2D eigenvalue weighted by atomic mass is 10.1. The molecule has 0 fully saturated rings. The number of thioether (sulfide) groups is 1. The first-order valence-corrected chi connectivity index (χ1v) is 7.90. The van der Waals surface area contributed by atoms with E-state index in [9.17, 15) is 14.4 Å². The minimum atomic E-state index is -0.678. The Morgan fingerprint density at radius 1 is 1.22 bits per heavy atom. The second kappa shape index (κ2) is 6.82. The first-order valence-electron chi connectivity index (χ1n) is 7.02. The zero-order valence-corrected chi connectivity index (χ0v) is 14.1. The van der Waals surface area contributed by atoms with E-state index in [1.807, 2.05) is 32.9 Å². The molecule has 7 nitrogen and oxygen atoms in total. The van der Waals surface area contributed by atoms with E-state index < -0.39 is 16.5 Å². The summed E-state index contributed by atoms with van der Waals surface area (Å²) in [5, 5.41) is 8.19. The van der Waals surface area contributed by atoms with Crippen LogP contribution in [-0.4, -0.2) is 26.3 Å². The quantitative estimate of drug-likeness (QED) is 0.735. The molecule has 2 aromatic rings. The standard InChI is InChI=1S/C15H18N4O3S/c1-7-5-8(2)11(9(3)6-7)16-12(20)10(4)23-14-13(21)17-15(22)19-18-14/h5-6,10H,1-4H3,(H,16,20)(H2,17,19,21,22). The van der Waals surface area contributed by atoms with Crippen molar-refractivity contribution in [3.63, 3.8) is 0 Å². The van der Waals surface area contributed by atoms with E-state index in [1.165, 1.54) is 0 Å². The monoisotopic (exact) mass is 334 g/mol. The maximum Gasteiger partial charge on any atom is 0.342 e. The molecule has 1 heterocycles. The van der Waals surface area contributed by atoms with E-state index in [4.69, 9.17) is 0 Å². The summed E-state index contributed by atoms with van der Waals surface area (Å²) in [4.78, 5) is 37.0. The van der Waals surface area contributed by atoms with Gasteiger partial charge in [-0.05, 0) is 38.8 Å². The third-order valence-electron chi connectivity index (χ3n) is 3.26. The Labute approximate surface area is 136 Å². The molecule has 2 rings (SSSR count). The smallest absolute Gasteiger partial charge is 0.325 e. The highest BCUT2D eigenvalue weighted by molar-refractivity contribution is 8.00. The van der Waals surface area contributed by atoms with Crippen LogP contribution in [0.25, 0.3) is 0 Å². The van der Waals surface area contributed by atoms with Crippen LogP contribution in [0, 0.1) is 20.8 Å². The van der Waals surface area contributed by atoms with E-state index in [1.54, 1.807) is 6.92 Å². The van der Waals surface area contributed by atoms with Gasteiger partial charge in [0.2, 0.25) is 5.91 Å². The number of aromatic nitrogens is 3. The second-order valence-corrected chi connectivity index (χ2v) is 6.66. The van der Waals surface area contributed by atoms with Gasteiger partial charge < -0.3 is 5.32 Å². The fourth-order valence-electron chi connectivity index (χ4n) is 2.24. The zero-order chi connectivity index (χ0) is 17.1. The Morgan fingerprint density at radius 3 is 2.39 bits per heavy atom. The summed E-state index contributed by atoms with van der Waals surface area (Å²) in [6, 6.07) is 3.99. The van der Waals surface area contributed by atoms with Crippen molar-refractivity contribution in [2.24, 2.45) is 0 Å². The van der Waals surface area contributed by atoms with Gasteiger partial charge in [-0.3, -0.25) is 14.6 Å². The normalized spacial score (nSPS) is 12.0. The van der Waals surface area contributed by atoms with Crippen molar-refractivity contribution in [3.05, 3.63) is 49.7 Å². The summed E-state index contributed by atoms with van der Waals surface area (Å²) in [6.07, 6.45) is 0. The predicted octanol–water partition coefficient (Wildman–Crippen LogP) is 1.50. The van der Waals surface area contributed by atoms with Gasteiger partial charge in [0.15, 0.2) is 5.03 Å². The van der Waals surface area contributed by atoms with Gasteiger partial charge >= 0.3 is 5.69 Å². The molecule has 1 aromatic carbocycles. The van der Waals surface area contributed by atoms with Crippen LogP contribution < -0.4 is 16.6 Å². The molecule has 1 aromatic heterocycles. The first kappa shape index (κ1) is 17.0. The molecule has 0 aliphatic heterocycles. The highest BCUT2D eigenvalue weighted by atomic mass is 32.2. The molecule has 0 saturated heterocycles. The van der Waals surface area contributed by atoms with Gasteiger partial charge in [-0.15, -0.1) is 0 Å². The van der Waals surface area contributed by atoms with E-state index in [0.717, 1.165) is 34.1 Å². The van der Waals surface area contributed by atoms with E-state index >= 15 is 0 Å². The van der Waals surface area contributed by atoms with Gasteiger partial charge in [0, 0.05) is 5.69 Å². The van der Waals surface area contributed by atoms with Crippen LogP contribution in [0.2, 0.25) is 0 Å². The van der Waals surface area contributed by atoms with Crippen LogP contribution in [0.1, 0.15) is 23.6 Å². The third kappa shape index (κ3) is 4.10. The van der Waals surface area contributed by atoms with Gasteiger partial charge in [0.25, 0.3) is 5.56 Å². The summed E-state index contributed by atoms with van der Waals surface area (Å²) in [5.41, 5.74) is 2.57. The molecule has 1 unspecified atom stereocenters. The van der Waals surface area contributed by atoms with Crippen LogP contribution in [0.3, 0.4) is 0 Å². The Morgan fingerprint density at radius 2 is 1.83 bits per heavy atom. The van der Waals surface area contributed by atoms with E-state index in [-0.39, 0.29) is 10.9 Å². The number of hydrogen-bond acceptors (Lipinski definition) is 5. The van der Waals surface area contributed by atoms with Crippen LogP contribution in [0.5, 0.6) is 0 Å². The first-order chi connectivity index (χ1) is 10.8. The molecule has 3 N–H and O–H groups in total. The van der Waals surface area contributed by atoms with Crippen molar-refractivity contribution in [1.29, 1.82) is 0 Å². The molecule has 0 aliphatic rings. The second-order valence-electron chi connectivity index (χ2n) is 5.34. The van der Waals surface area contributed by atoms with Gasteiger partial charge in [0.05, 0.1) is 5.25 Å². The van der Waals surface area contributed by atoms with Crippen LogP contribution in [0.15, 0.2) is 26.7 Å². The Bertz CT molecular complexity index is 833. The fraction of sp³-hybridized carbons (Fsp3) is 0.333. The molecule has 1 amide bonds. The highest BCUT2D eigenvalue weighted by Gasteiger charge is 2.19. The topological polar surface area (TPSA) is 108 Å². The number of carbonyl (C=O) groups excluding carboxylic acids is 1. The molecule has 0 aliphatic carbocycles. The molecule has 8 heteroatoms.